The molecule has 218 valence electrons. The molecule has 15 nitrogen and oxygen atoms in total. The summed E-state index contributed by atoms with van der Waals surface area (Å²) in [5.74, 6) is -2.38. The van der Waals surface area contributed by atoms with Crippen LogP contribution in [0.3, 0.4) is 0 Å². The lowest BCUT2D eigenvalue weighted by molar-refractivity contribution is -0.661. The Morgan fingerprint density at radius 2 is 2.21 bits per heavy atom. The van der Waals surface area contributed by atoms with Gasteiger partial charge in [-0.2, -0.15) is 13.9 Å². The second kappa shape index (κ2) is 12.1. The van der Waals surface area contributed by atoms with Crippen molar-refractivity contribution >= 4 is 85.3 Å². The molecular formula is C24H23N8O7S3+. The number of hydrogen-bond acceptors (Lipinski definition) is 13. The number of ether oxygens (including phenoxy) is 1. The molecule has 3 aromatic heterocycles. The fourth-order valence-electron chi connectivity index (χ4n) is 4.38. The number of rotatable bonds is 10. The number of nitrogen functional groups attached to an aromatic ring is 1. The van der Waals surface area contributed by atoms with Gasteiger partial charge < -0.3 is 25.7 Å². The summed E-state index contributed by atoms with van der Waals surface area (Å²) in [7, 11) is 1.24. The molecule has 5 N–H and O–H groups in total. The first-order valence-corrected chi connectivity index (χ1v) is 14.8. The second-order valence-electron chi connectivity index (χ2n) is 8.71. The Morgan fingerprint density at radius 3 is 2.90 bits per heavy atom. The summed E-state index contributed by atoms with van der Waals surface area (Å²) in [6.07, 6.45) is 2.63. The zero-order valence-corrected chi connectivity index (χ0v) is 24.3. The SMILES string of the molecule is C=CCOC(=O)Nc1csc2c1ccc[n+]2CC1=C(C(=O)O)N2C(=O)C(NC(=O)/C(=N\OC)c3nsc(N)n3)[C@H]2SC1. The van der Waals surface area contributed by atoms with Crippen LogP contribution in [0.25, 0.3) is 10.2 Å². The number of hydrogen-bond donors (Lipinski definition) is 4. The molecule has 2 atom stereocenters. The molecule has 5 heterocycles. The predicted octanol–water partition coefficient (Wildman–Crippen LogP) is 1.15. The summed E-state index contributed by atoms with van der Waals surface area (Å²) < 4.78 is 10.8. The molecular weight excluding hydrogens is 609 g/mol. The number of fused-ring (bicyclic) bond motifs is 2. The van der Waals surface area contributed by atoms with Crippen molar-refractivity contribution in [1.82, 2.24) is 19.6 Å². The van der Waals surface area contributed by atoms with Crippen molar-refractivity contribution < 1.29 is 38.4 Å². The zero-order chi connectivity index (χ0) is 30.0. The average Bonchev–Trinajstić information content (AvgIpc) is 3.59. The normalized spacial score (nSPS) is 18.3. The Hall–Kier alpha value is -4.55. The van der Waals surface area contributed by atoms with Crippen molar-refractivity contribution in [2.24, 2.45) is 5.16 Å². The van der Waals surface area contributed by atoms with E-state index in [1.807, 2.05) is 10.6 Å². The number of thioether (sulfide) groups is 1. The molecule has 0 spiro atoms. The molecule has 1 unspecified atom stereocenters. The van der Waals surface area contributed by atoms with E-state index in [1.54, 1.807) is 17.6 Å². The molecule has 5 rings (SSSR count). The van der Waals surface area contributed by atoms with Crippen molar-refractivity contribution in [2.75, 3.05) is 30.5 Å². The summed E-state index contributed by atoms with van der Waals surface area (Å²) in [6, 6.07) is 2.60. The number of carboxylic acid groups (broad SMARTS) is 1. The van der Waals surface area contributed by atoms with Crippen LogP contribution in [0.5, 0.6) is 0 Å². The number of β-lactam (4-membered cyclic amide) rings is 1. The largest absolute Gasteiger partial charge is 0.477 e. The summed E-state index contributed by atoms with van der Waals surface area (Å²) >= 11 is 3.55. The van der Waals surface area contributed by atoms with Crippen LogP contribution in [0.2, 0.25) is 0 Å². The first kappa shape index (κ1) is 29.0. The third-order valence-corrected chi connectivity index (χ3v) is 9.03. The van der Waals surface area contributed by atoms with Gasteiger partial charge in [0, 0.05) is 34.3 Å². The molecule has 18 heteroatoms. The van der Waals surface area contributed by atoms with E-state index < -0.39 is 35.3 Å². The van der Waals surface area contributed by atoms with E-state index in [9.17, 15) is 24.3 Å². The molecule has 3 aromatic rings. The number of carbonyl (C=O) groups is 4. The smallest absolute Gasteiger partial charge is 0.411 e. The van der Waals surface area contributed by atoms with Crippen molar-refractivity contribution in [3.63, 3.8) is 0 Å². The number of pyridine rings is 1. The van der Waals surface area contributed by atoms with Gasteiger partial charge >= 0.3 is 12.1 Å². The molecule has 3 amide bonds. The Morgan fingerprint density at radius 1 is 1.40 bits per heavy atom. The van der Waals surface area contributed by atoms with E-state index in [1.165, 1.54) is 41.2 Å². The maximum absolute atomic E-state index is 13.2. The second-order valence-corrected chi connectivity index (χ2v) is 11.5. The van der Waals surface area contributed by atoms with Gasteiger partial charge in [-0.3, -0.25) is 19.8 Å². The van der Waals surface area contributed by atoms with Gasteiger partial charge in [0.25, 0.3) is 16.6 Å². The van der Waals surface area contributed by atoms with Crippen LogP contribution in [0.4, 0.5) is 15.6 Å². The molecule has 2 aliphatic heterocycles. The van der Waals surface area contributed by atoms with Gasteiger partial charge in [-0.25, -0.2) is 9.59 Å². The Bertz CT molecular complexity index is 1670. The third kappa shape index (κ3) is 5.50. The number of carbonyl (C=O) groups excluding carboxylic acids is 3. The number of nitrogens with two attached hydrogens (primary N) is 1. The van der Waals surface area contributed by atoms with Crippen molar-refractivity contribution in [3.8, 4) is 0 Å². The van der Waals surface area contributed by atoms with Crippen LogP contribution >= 0.6 is 34.6 Å². The lowest BCUT2D eigenvalue weighted by Gasteiger charge is -2.49. The van der Waals surface area contributed by atoms with Crippen molar-refractivity contribution in [1.29, 1.82) is 0 Å². The minimum Gasteiger partial charge on any atom is -0.477 e. The fraction of sp³-hybridized carbons (Fsp3) is 0.250. The van der Waals surface area contributed by atoms with Crippen LogP contribution in [0, 0.1) is 0 Å². The topological polar surface area (TPSA) is 202 Å². The number of anilines is 2. The highest BCUT2D eigenvalue weighted by atomic mass is 32.2. The monoisotopic (exact) mass is 631 g/mol. The number of nitrogens with zero attached hydrogens (tertiary/aromatic N) is 5. The Balaban J connectivity index is 1.35. The molecule has 0 aliphatic carbocycles. The van der Waals surface area contributed by atoms with Crippen LogP contribution in [-0.4, -0.2) is 79.8 Å². The van der Waals surface area contributed by atoms with Gasteiger partial charge in [0.15, 0.2) is 17.9 Å². The van der Waals surface area contributed by atoms with Crippen molar-refractivity contribution in [3.05, 3.63) is 53.5 Å². The first-order chi connectivity index (χ1) is 20.2. The Labute approximate surface area is 249 Å². The highest BCUT2D eigenvalue weighted by molar-refractivity contribution is 8.00. The van der Waals surface area contributed by atoms with E-state index in [0.717, 1.165) is 21.7 Å². The lowest BCUT2D eigenvalue weighted by atomic mass is 10.0. The Kier molecular flexibility index (Phi) is 8.36. The summed E-state index contributed by atoms with van der Waals surface area (Å²) in [5.41, 5.74) is 6.26. The van der Waals surface area contributed by atoms with Gasteiger partial charge in [-0.05, 0) is 6.07 Å². The van der Waals surface area contributed by atoms with Gasteiger partial charge in [0.1, 0.15) is 30.8 Å². The lowest BCUT2D eigenvalue weighted by Crippen LogP contribution is -2.71. The highest BCUT2D eigenvalue weighted by Crippen LogP contribution is 2.40. The molecule has 0 saturated carbocycles. The molecule has 2 aliphatic rings. The summed E-state index contributed by atoms with van der Waals surface area (Å²) in [6.45, 7) is 3.76. The van der Waals surface area contributed by atoms with Crippen LogP contribution in [0.1, 0.15) is 5.82 Å². The average molecular weight is 632 g/mol. The predicted molar refractivity (Wildman–Crippen MR) is 155 cm³/mol. The van der Waals surface area contributed by atoms with E-state index in [4.69, 9.17) is 15.3 Å². The van der Waals surface area contributed by atoms with E-state index in [0.29, 0.717) is 17.0 Å². The molecule has 1 saturated heterocycles. The molecule has 0 aromatic carbocycles. The number of nitrogens with one attached hydrogen (secondary N) is 2. The maximum Gasteiger partial charge on any atom is 0.411 e. The maximum atomic E-state index is 13.2. The van der Waals surface area contributed by atoms with Gasteiger partial charge in [-0.1, -0.05) is 29.1 Å². The van der Waals surface area contributed by atoms with Crippen LogP contribution < -0.4 is 20.9 Å². The van der Waals surface area contributed by atoms with Crippen molar-refractivity contribution in [2.45, 2.75) is 18.0 Å². The van der Waals surface area contributed by atoms with Gasteiger partial charge in [0.05, 0.1) is 11.1 Å². The van der Waals surface area contributed by atoms with E-state index >= 15 is 0 Å². The van der Waals surface area contributed by atoms with Crippen LogP contribution in [-0.2, 0) is 30.5 Å². The van der Waals surface area contributed by atoms with E-state index in [2.05, 4.69) is 31.7 Å². The number of aliphatic carboxylic acids is 1. The number of amides is 3. The van der Waals surface area contributed by atoms with Crippen LogP contribution in [0.15, 0.2) is 52.8 Å². The number of thiophene rings is 1. The van der Waals surface area contributed by atoms with Gasteiger partial charge in [-0.15, -0.1) is 11.8 Å². The highest BCUT2D eigenvalue weighted by Gasteiger charge is 2.55. The van der Waals surface area contributed by atoms with Gasteiger partial charge in [0.2, 0.25) is 11.5 Å². The summed E-state index contributed by atoms with van der Waals surface area (Å²) in [5, 5.41) is 21.0. The minimum absolute atomic E-state index is 0.0584. The fourth-order valence-corrected chi connectivity index (χ4v) is 7.13. The van der Waals surface area contributed by atoms with E-state index in [-0.39, 0.29) is 35.5 Å². The first-order valence-electron chi connectivity index (χ1n) is 12.1. The molecule has 0 radical (unpaired) electrons. The molecule has 42 heavy (non-hydrogen) atoms. The number of oxime groups is 1. The number of aromatic nitrogens is 3. The standard InChI is InChI=1S/C24H22N8O7S3/c1-3-7-39-24(37)26-13-10-41-20-12(13)5-4-6-31(20)8-11-9-40-21-15(19(34)32(21)16(11)22(35)36)27-18(33)14(29-38-2)17-28-23(25)42-30-17/h3-6,10,15,21H,1,7-9H2,2H3,(H4-,25,26,27,28,30,33,35,36,37)/p+1/b29-14-/t15?,21-/m1/s1. The number of carboxylic acids is 1. The molecule has 1 fully saturated rings. The molecule has 0 bridgehead atoms. The zero-order valence-electron chi connectivity index (χ0n) is 21.8. The summed E-state index contributed by atoms with van der Waals surface area (Å²) in [4.78, 5) is 61.2. The minimum atomic E-state index is -1.26. The third-order valence-electron chi connectivity index (χ3n) is 6.12. The quantitative estimate of drug-likeness (QED) is 0.0822.